The second-order valence-corrected chi connectivity index (χ2v) is 3.39. The number of halogens is 4. The van der Waals surface area contributed by atoms with Crippen molar-refractivity contribution in [2.75, 3.05) is 33.0 Å². The van der Waals surface area contributed by atoms with E-state index in [1.165, 1.54) is 0 Å². The van der Waals surface area contributed by atoms with Crippen LogP contribution in [0.15, 0.2) is 0 Å². The Balaban J connectivity index is 2.71. The molecule has 84 valence electrons. The molecule has 0 aromatic carbocycles. The molecule has 0 spiro atoms. The molecule has 1 aliphatic rings. The van der Waals surface area contributed by atoms with Crippen LogP contribution in [-0.2, 0) is 4.74 Å². The summed E-state index contributed by atoms with van der Waals surface area (Å²) in [4.78, 5) is 0.913. The van der Waals surface area contributed by atoms with E-state index in [1.54, 1.807) is 0 Å². The van der Waals surface area contributed by atoms with Crippen LogP contribution in [0.1, 0.15) is 6.92 Å². The fourth-order valence-electron chi connectivity index (χ4n) is 1.34. The van der Waals surface area contributed by atoms with Gasteiger partial charge in [-0.1, -0.05) is 0 Å². The molecule has 14 heavy (non-hydrogen) atoms. The molecule has 1 aliphatic heterocycles. The molecule has 1 heterocycles. The van der Waals surface area contributed by atoms with Crippen LogP contribution in [0.4, 0.5) is 17.6 Å². The molecule has 0 saturated carbocycles. The third-order valence-corrected chi connectivity index (χ3v) is 2.44. The fraction of sp³-hybridized carbons (Fsp3) is 1.00. The minimum absolute atomic E-state index is 0.0581. The molecular formula is C8H13F4NO. The predicted octanol–water partition coefficient (Wildman–Crippen LogP) is 1.61. The van der Waals surface area contributed by atoms with E-state index in [2.05, 4.69) is 0 Å². The van der Waals surface area contributed by atoms with Gasteiger partial charge in [0.15, 0.2) is 6.67 Å². The van der Waals surface area contributed by atoms with Crippen LogP contribution in [0.25, 0.3) is 0 Å². The summed E-state index contributed by atoms with van der Waals surface area (Å²) in [5.74, 6) is -6.91. The fourth-order valence-corrected chi connectivity index (χ4v) is 1.34. The van der Waals surface area contributed by atoms with Crippen LogP contribution < -0.4 is 0 Å². The molecule has 0 radical (unpaired) electrons. The van der Waals surface area contributed by atoms with Crippen molar-refractivity contribution in [3.05, 3.63) is 0 Å². The first-order valence-corrected chi connectivity index (χ1v) is 4.37. The first-order chi connectivity index (χ1) is 6.42. The van der Waals surface area contributed by atoms with Crippen LogP contribution in [0.2, 0.25) is 0 Å². The Hall–Kier alpha value is -0.360. The van der Waals surface area contributed by atoms with Gasteiger partial charge in [-0.05, 0) is 6.92 Å². The monoisotopic (exact) mass is 215 g/mol. The van der Waals surface area contributed by atoms with Crippen molar-refractivity contribution >= 4 is 0 Å². The highest BCUT2D eigenvalue weighted by Crippen LogP contribution is 2.36. The number of alkyl halides is 4. The summed E-state index contributed by atoms with van der Waals surface area (Å²) >= 11 is 0. The second-order valence-electron chi connectivity index (χ2n) is 3.39. The van der Waals surface area contributed by atoms with E-state index in [-0.39, 0.29) is 26.3 Å². The Morgan fingerprint density at radius 1 is 1.21 bits per heavy atom. The number of nitrogens with zero attached hydrogens (tertiary/aromatic N) is 1. The third kappa shape index (κ3) is 2.00. The molecule has 2 nitrogen and oxygen atoms in total. The van der Waals surface area contributed by atoms with Crippen molar-refractivity contribution in [2.24, 2.45) is 0 Å². The largest absolute Gasteiger partial charge is 0.379 e. The zero-order chi connectivity index (χ0) is 10.8. The predicted molar refractivity (Wildman–Crippen MR) is 42.8 cm³/mol. The van der Waals surface area contributed by atoms with Gasteiger partial charge in [0.25, 0.3) is 0 Å². The summed E-state index contributed by atoms with van der Waals surface area (Å²) in [6, 6.07) is 0. The summed E-state index contributed by atoms with van der Waals surface area (Å²) in [5.41, 5.74) is 0. The molecule has 0 N–H and O–H groups in total. The maximum atomic E-state index is 13.6. The maximum absolute atomic E-state index is 13.6. The number of rotatable bonds is 3. The van der Waals surface area contributed by atoms with Gasteiger partial charge in [-0.25, -0.2) is 8.78 Å². The van der Waals surface area contributed by atoms with E-state index in [9.17, 15) is 17.6 Å². The molecule has 0 amide bonds. The molecule has 0 bridgehead atoms. The topological polar surface area (TPSA) is 12.5 Å². The van der Waals surface area contributed by atoms with E-state index in [1.807, 2.05) is 0 Å². The van der Waals surface area contributed by atoms with Gasteiger partial charge in [0.05, 0.1) is 13.2 Å². The van der Waals surface area contributed by atoms with Crippen molar-refractivity contribution in [3.8, 4) is 0 Å². The Labute approximate surface area is 79.8 Å². The Morgan fingerprint density at radius 2 is 1.71 bits per heavy atom. The van der Waals surface area contributed by atoms with E-state index in [0.29, 0.717) is 6.92 Å². The van der Waals surface area contributed by atoms with Crippen molar-refractivity contribution in [1.82, 2.24) is 4.90 Å². The number of ether oxygens (including phenoxy) is 1. The number of hydrogen-bond acceptors (Lipinski definition) is 2. The molecule has 1 rings (SSSR count). The van der Waals surface area contributed by atoms with Gasteiger partial charge >= 0.3 is 5.92 Å². The quantitative estimate of drug-likeness (QED) is 0.524. The van der Waals surface area contributed by atoms with Crippen LogP contribution in [0, 0.1) is 0 Å². The van der Waals surface area contributed by atoms with Crippen LogP contribution in [0.5, 0.6) is 0 Å². The molecule has 0 aromatic heterocycles. The number of morpholine rings is 1. The van der Waals surface area contributed by atoms with Crippen LogP contribution in [0.3, 0.4) is 0 Å². The normalized spacial score (nSPS) is 24.6. The molecule has 1 fully saturated rings. The first kappa shape index (κ1) is 11.7. The average molecular weight is 215 g/mol. The zero-order valence-corrected chi connectivity index (χ0v) is 7.90. The van der Waals surface area contributed by atoms with Crippen molar-refractivity contribution < 1.29 is 22.3 Å². The zero-order valence-electron chi connectivity index (χ0n) is 7.90. The Morgan fingerprint density at radius 3 is 2.14 bits per heavy atom. The summed E-state index contributed by atoms with van der Waals surface area (Å²) in [5, 5.41) is 0. The minimum atomic E-state index is -3.97. The Kier molecular flexibility index (Phi) is 3.36. The van der Waals surface area contributed by atoms with E-state index >= 15 is 0 Å². The highest BCUT2D eigenvalue weighted by molar-refractivity contribution is 4.90. The molecule has 0 aromatic rings. The summed E-state index contributed by atoms with van der Waals surface area (Å²) in [6.07, 6.45) is 0. The van der Waals surface area contributed by atoms with Crippen LogP contribution in [-0.4, -0.2) is 49.6 Å². The molecule has 1 atom stereocenters. The van der Waals surface area contributed by atoms with Crippen molar-refractivity contribution in [3.63, 3.8) is 0 Å². The first-order valence-electron chi connectivity index (χ1n) is 4.37. The lowest BCUT2D eigenvalue weighted by molar-refractivity contribution is -0.223. The van der Waals surface area contributed by atoms with Gasteiger partial charge in [0, 0.05) is 13.1 Å². The third-order valence-electron chi connectivity index (χ3n) is 2.44. The maximum Gasteiger partial charge on any atom is 0.322 e. The van der Waals surface area contributed by atoms with Gasteiger partial charge in [0.2, 0.25) is 5.79 Å². The standard InChI is InChI=1S/C8H13F4NO/c1-7(10,8(11,12)6-9)13-2-4-14-5-3-13/h2-6H2,1H3. The van der Waals surface area contributed by atoms with Crippen LogP contribution >= 0.6 is 0 Å². The lowest BCUT2D eigenvalue weighted by Gasteiger charge is -2.40. The molecular weight excluding hydrogens is 202 g/mol. The minimum Gasteiger partial charge on any atom is -0.379 e. The smallest absolute Gasteiger partial charge is 0.322 e. The van der Waals surface area contributed by atoms with Gasteiger partial charge in [-0.15, -0.1) is 0 Å². The SMILES string of the molecule is CC(F)(N1CCOCC1)C(F)(F)CF. The average Bonchev–Trinajstić information content (AvgIpc) is 2.19. The van der Waals surface area contributed by atoms with Gasteiger partial charge < -0.3 is 4.74 Å². The second kappa shape index (κ2) is 4.02. The molecule has 0 aliphatic carbocycles. The van der Waals surface area contributed by atoms with Gasteiger partial charge in [-0.2, -0.15) is 8.78 Å². The summed E-state index contributed by atoms with van der Waals surface area (Å²) < 4.78 is 56.3. The molecule has 1 saturated heterocycles. The summed E-state index contributed by atoms with van der Waals surface area (Å²) in [6.45, 7) is -0.774. The highest BCUT2D eigenvalue weighted by Gasteiger charge is 2.55. The number of hydrogen-bond donors (Lipinski definition) is 0. The van der Waals surface area contributed by atoms with Gasteiger partial charge in [-0.3, -0.25) is 4.90 Å². The van der Waals surface area contributed by atoms with Crippen molar-refractivity contribution in [2.45, 2.75) is 18.6 Å². The van der Waals surface area contributed by atoms with E-state index in [0.717, 1.165) is 4.90 Å². The molecule has 1 unspecified atom stereocenters. The summed E-state index contributed by atoms with van der Waals surface area (Å²) in [7, 11) is 0. The lowest BCUT2D eigenvalue weighted by atomic mass is 10.1. The van der Waals surface area contributed by atoms with E-state index < -0.39 is 18.4 Å². The molecule has 6 heteroatoms. The Bertz CT molecular complexity index is 192. The van der Waals surface area contributed by atoms with Gasteiger partial charge in [0.1, 0.15) is 0 Å². The van der Waals surface area contributed by atoms with E-state index in [4.69, 9.17) is 4.74 Å². The lowest BCUT2D eigenvalue weighted by Crippen LogP contribution is -2.59. The van der Waals surface area contributed by atoms with Crippen molar-refractivity contribution in [1.29, 1.82) is 0 Å². The highest BCUT2D eigenvalue weighted by atomic mass is 19.3.